The van der Waals surface area contributed by atoms with Gasteiger partial charge in [0.25, 0.3) is 11.8 Å². The molecule has 110 valence electrons. The van der Waals surface area contributed by atoms with Gasteiger partial charge in [-0.05, 0) is 18.2 Å². The Morgan fingerprint density at radius 3 is 2.41 bits per heavy atom. The standard InChI is InChI=1S/C16H12N2O4/c19-9-5-6-13(14(20)7-9)17-8-12-10-3-1-2-4-11(10)15(21)18-16(12)22/h1-8,17,19-20H,(H,18,21,22). The van der Waals surface area contributed by atoms with Crippen molar-refractivity contribution in [1.29, 1.82) is 0 Å². The molecule has 3 rings (SSSR count). The minimum atomic E-state index is -0.519. The highest BCUT2D eigenvalue weighted by molar-refractivity contribution is 6.31. The lowest BCUT2D eigenvalue weighted by Gasteiger charge is -2.18. The molecular formula is C16H12N2O4. The Bertz CT molecular complexity index is 812. The van der Waals surface area contributed by atoms with Crippen molar-refractivity contribution in [2.24, 2.45) is 0 Å². The molecule has 2 aromatic carbocycles. The number of amides is 2. The van der Waals surface area contributed by atoms with E-state index in [1.165, 1.54) is 24.4 Å². The zero-order chi connectivity index (χ0) is 15.7. The average molecular weight is 296 g/mol. The Morgan fingerprint density at radius 2 is 1.68 bits per heavy atom. The van der Waals surface area contributed by atoms with Crippen molar-refractivity contribution < 1.29 is 19.8 Å². The normalized spacial score (nSPS) is 15.4. The summed E-state index contributed by atoms with van der Waals surface area (Å²) in [7, 11) is 0. The SMILES string of the molecule is O=C1NC(=O)c2ccccc2C1=CNc1ccc(O)cc1O. The molecule has 6 nitrogen and oxygen atoms in total. The van der Waals surface area contributed by atoms with Crippen LogP contribution in [0.1, 0.15) is 15.9 Å². The first kappa shape index (κ1) is 13.7. The molecule has 4 N–H and O–H groups in total. The summed E-state index contributed by atoms with van der Waals surface area (Å²) in [6.45, 7) is 0. The number of benzene rings is 2. The lowest BCUT2D eigenvalue weighted by Crippen LogP contribution is -2.36. The second-order valence-electron chi connectivity index (χ2n) is 4.73. The molecule has 2 aromatic rings. The van der Waals surface area contributed by atoms with Crippen LogP contribution in [-0.2, 0) is 4.79 Å². The molecule has 0 bridgehead atoms. The number of nitrogens with one attached hydrogen (secondary N) is 2. The van der Waals surface area contributed by atoms with E-state index in [1.807, 2.05) is 0 Å². The maximum absolute atomic E-state index is 12.0. The third-order valence-electron chi connectivity index (χ3n) is 3.29. The van der Waals surface area contributed by atoms with Crippen LogP contribution in [0, 0.1) is 0 Å². The summed E-state index contributed by atoms with van der Waals surface area (Å²) >= 11 is 0. The van der Waals surface area contributed by atoms with Crippen molar-refractivity contribution in [3.63, 3.8) is 0 Å². The fourth-order valence-electron chi connectivity index (χ4n) is 2.21. The first-order valence-corrected chi connectivity index (χ1v) is 6.50. The van der Waals surface area contributed by atoms with Crippen molar-refractivity contribution in [2.75, 3.05) is 5.32 Å². The Kier molecular flexibility index (Phi) is 3.27. The first-order valence-electron chi connectivity index (χ1n) is 6.50. The summed E-state index contributed by atoms with van der Waals surface area (Å²) in [5.41, 5.74) is 1.53. The van der Waals surface area contributed by atoms with Gasteiger partial charge in [-0.2, -0.15) is 0 Å². The summed E-state index contributed by atoms with van der Waals surface area (Å²) in [6, 6.07) is 10.8. The van der Waals surface area contributed by atoms with Gasteiger partial charge in [0.15, 0.2) is 0 Å². The average Bonchev–Trinajstić information content (AvgIpc) is 2.49. The van der Waals surface area contributed by atoms with Gasteiger partial charge >= 0.3 is 0 Å². The molecule has 6 heteroatoms. The second kappa shape index (κ2) is 5.25. The fraction of sp³-hybridized carbons (Fsp3) is 0. The number of carbonyl (C=O) groups is 2. The number of phenolic OH excluding ortho intramolecular Hbond substituents is 2. The number of phenols is 2. The second-order valence-corrected chi connectivity index (χ2v) is 4.73. The van der Waals surface area contributed by atoms with E-state index >= 15 is 0 Å². The van der Waals surface area contributed by atoms with Crippen molar-refractivity contribution >= 4 is 23.1 Å². The zero-order valence-corrected chi connectivity index (χ0v) is 11.3. The highest BCUT2D eigenvalue weighted by Crippen LogP contribution is 2.29. The largest absolute Gasteiger partial charge is 0.508 e. The van der Waals surface area contributed by atoms with Crippen LogP contribution in [0.4, 0.5) is 5.69 Å². The maximum atomic E-state index is 12.0. The number of aromatic hydroxyl groups is 2. The third-order valence-corrected chi connectivity index (χ3v) is 3.29. The summed E-state index contributed by atoms with van der Waals surface area (Å²) in [6.07, 6.45) is 1.41. The minimum Gasteiger partial charge on any atom is -0.508 e. The first-order chi connectivity index (χ1) is 10.6. The van der Waals surface area contributed by atoms with E-state index in [0.717, 1.165) is 0 Å². The summed E-state index contributed by atoms with van der Waals surface area (Å²) in [5, 5.41) is 24.0. The lowest BCUT2D eigenvalue weighted by molar-refractivity contribution is -0.114. The highest BCUT2D eigenvalue weighted by Gasteiger charge is 2.26. The van der Waals surface area contributed by atoms with Crippen LogP contribution >= 0.6 is 0 Å². The number of anilines is 1. The van der Waals surface area contributed by atoms with Crippen LogP contribution in [0.3, 0.4) is 0 Å². The molecule has 2 amide bonds. The van der Waals surface area contributed by atoms with E-state index < -0.39 is 11.8 Å². The van der Waals surface area contributed by atoms with Crippen molar-refractivity contribution in [1.82, 2.24) is 5.32 Å². The number of fused-ring (bicyclic) bond motifs is 1. The van der Waals surface area contributed by atoms with Gasteiger partial charge in [0, 0.05) is 23.4 Å². The van der Waals surface area contributed by atoms with Crippen LogP contribution in [0.25, 0.3) is 5.57 Å². The molecule has 0 aliphatic carbocycles. The van der Waals surface area contributed by atoms with E-state index in [2.05, 4.69) is 10.6 Å². The Labute approximate surface area is 125 Å². The van der Waals surface area contributed by atoms with Gasteiger partial charge in [-0.3, -0.25) is 14.9 Å². The monoisotopic (exact) mass is 296 g/mol. The van der Waals surface area contributed by atoms with Gasteiger partial charge in [-0.15, -0.1) is 0 Å². The molecule has 0 saturated heterocycles. The van der Waals surface area contributed by atoms with Crippen LogP contribution < -0.4 is 10.6 Å². The quantitative estimate of drug-likeness (QED) is 0.293. The molecular weight excluding hydrogens is 284 g/mol. The van der Waals surface area contributed by atoms with Crippen molar-refractivity contribution in [3.05, 3.63) is 59.8 Å². The molecule has 0 radical (unpaired) electrons. The predicted molar refractivity (Wildman–Crippen MR) is 80.3 cm³/mol. The Hall–Kier alpha value is -3.28. The van der Waals surface area contributed by atoms with E-state index in [0.29, 0.717) is 16.8 Å². The van der Waals surface area contributed by atoms with E-state index in [-0.39, 0.29) is 17.1 Å². The molecule has 0 unspecified atom stereocenters. The lowest BCUT2D eigenvalue weighted by atomic mass is 9.96. The van der Waals surface area contributed by atoms with Crippen LogP contribution in [0.2, 0.25) is 0 Å². The molecule has 1 aliphatic rings. The van der Waals surface area contributed by atoms with Gasteiger partial charge < -0.3 is 15.5 Å². The van der Waals surface area contributed by atoms with Gasteiger partial charge in [0.05, 0.1) is 11.3 Å². The van der Waals surface area contributed by atoms with Gasteiger partial charge in [-0.1, -0.05) is 18.2 Å². The minimum absolute atomic E-state index is 0.0675. The third kappa shape index (κ3) is 2.37. The van der Waals surface area contributed by atoms with E-state index in [1.54, 1.807) is 24.3 Å². The number of imide groups is 1. The van der Waals surface area contributed by atoms with Crippen LogP contribution in [0.15, 0.2) is 48.7 Å². The van der Waals surface area contributed by atoms with Crippen LogP contribution in [-0.4, -0.2) is 22.0 Å². The number of carbonyl (C=O) groups excluding carboxylic acids is 2. The molecule has 1 aliphatic heterocycles. The summed E-state index contributed by atoms with van der Waals surface area (Å²) in [4.78, 5) is 23.7. The topological polar surface area (TPSA) is 98.7 Å². The smallest absolute Gasteiger partial charge is 0.260 e. The van der Waals surface area contributed by atoms with Crippen LogP contribution in [0.5, 0.6) is 11.5 Å². The van der Waals surface area contributed by atoms with E-state index in [4.69, 9.17) is 0 Å². The Balaban J connectivity index is 1.98. The van der Waals surface area contributed by atoms with Gasteiger partial charge in [0.2, 0.25) is 0 Å². The fourth-order valence-corrected chi connectivity index (χ4v) is 2.21. The summed E-state index contributed by atoms with van der Waals surface area (Å²) < 4.78 is 0. The molecule has 0 spiro atoms. The van der Waals surface area contributed by atoms with Crippen molar-refractivity contribution in [3.8, 4) is 11.5 Å². The van der Waals surface area contributed by atoms with Gasteiger partial charge in [-0.25, -0.2) is 0 Å². The Morgan fingerprint density at radius 1 is 0.955 bits per heavy atom. The predicted octanol–water partition coefficient (Wildman–Crippen LogP) is 1.82. The van der Waals surface area contributed by atoms with E-state index in [9.17, 15) is 19.8 Å². The molecule has 0 atom stereocenters. The number of hydrogen-bond donors (Lipinski definition) is 4. The zero-order valence-electron chi connectivity index (χ0n) is 11.3. The molecule has 0 saturated carbocycles. The number of hydrogen-bond acceptors (Lipinski definition) is 5. The maximum Gasteiger partial charge on any atom is 0.260 e. The highest BCUT2D eigenvalue weighted by atomic mass is 16.3. The molecule has 1 heterocycles. The number of rotatable bonds is 2. The molecule has 0 fully saturated rings. The molecule has 0 aromatic heterocycles. The molecule has 22 heavy (non-hydrogen) atoms. The van der Waals surface area contributed by atoms with Gasteiger partial charge in [0.1, 0.15) is 11.5 Å². The van der Waals surface area contributed by atoms with Crippen molar-refractivity contribution in [2.45, 2.75) is 0 Å². The summed E-state index contributed by atoms with van der Waals surface area (Å²) in [5.74, 6) is -1.18.